The third-order valence-corrected chi connectivity index (χ3v) is 4.89. The van der Waals surface area contributed by atoms with E-state index in [2.05, 4.69) is 34.2 Å². The number of hydrogen-bond acceptors (Lipinski definition) is 4. The minimum absolute atomic E-state index is 0.691. The van der Waals surface area contributed by atoms with Gasteiger partial charge in [0.2, 0.25) is 0 Å². The highest BCUT2D eigenvalue weighted by atomic mass is 16.5. The van der Waals surface area contributed by atoms with Crippen molar-refractivity contribution in [3.63, 3.8) is 0 Å². The summed E-state index contributed by atoms with van der Waals surface area (Å²) >= 11 is 0. The third kappa shape index (κ3) is 3.33. The first kappa shape index (κ1) is 14.7. The van der Waals surface area contributed by atoms with Crippen LogP contribution in [-0.4, -0.2) is 56.8 Å². The summed E-state index contributed by atoms with van der Waals surface area (Å²) in [5.74, 6) is 0.985. The van der Waals surface area contributed by atoms with Gasteiger partial charge in [-0.15, -0.1) is 0 Å². The summed E-state index contributed by atoms with van der Waals surface area (Å²) in [6.07, 6.45) is 2.64. The number of rotatable bonds is 3. The molecule has 2 fully saturated rings. The Balaban J connectivity index is 1.57. The Labute approximate surface area is 128 Å². The summed E-state index contributed by atoms with van der Waals surface area (Å²) in [6.45, 7) is 7.92. The zero-order valence-electron chi connectivity index (χ0n) is 13.2. The lowest BCUT2D eigenvalue weighted by molar-refractivity contribution is 0.146. The lowest BCUT2D eigenvalue weighted by Gasteiger charge is -2.42. The number of piperazine rings is 1. The van der Waals surface area contributed by atoms with Gasteiger partial charge in [0.05, 0.1) is 12.8 Å². The number of hydrogen-bond donors (Lipinski definition) is 1. The van der Waals surface area contributed by atoms with E-state index in [1.54, 1.807) is 7.11 Å². The maximum Gasteiger partial charge on any atom is 0.142 e. The Morgan fingerprint density at radius 3 is 2.52 bits per heavy atom. The number of ether oxygens (including phenoxy) is 1. The van der Waals surface area contributed by atoms with E-state index in [9.17, 15) is 0 Å². The third-order valence-electron chi connectivity index (χ3n) is 4.89. The maximum absolute atomic E-state index is 5.49. The molecule has 3 rings (SSSR count). The maximum atomic E-state index is 5.49. The van der Waals surface area contributed by atoms with E-state index in [4.69, 9.17) is 4.74 Å². The zero-order valence-corrected chi connectivity index (χ0v) is 13.2. The van der Waals surface area contributed by atoms with Crippen molar-refractivity contribution in [2.24, 2.45) is 0 Å². The average molecular weight is 289 g/mol. The Morgan fingerprint density at radius 2 is 1.86 bits per heavy atom. The van der Waals surface area contributed by atoms with Gasteiger partial charge in [-0.1, -0.05) is 12.1 Å². The van der Waals surface area contributed by atoms with E-state index in [1.165, 1.54) is 18.5 Å². The Morgan fingerprint density at radius 1 is 1.10 bits per heavy atom. The molecule has 1 aromatic rings. The molecule has 2 heterocycles. The number of anilines is 1. The van der Waals surface area contributed by atoms with Crippen molar-refractivity contribution < 1.29 is 4.74 Å². The highest BCUT2D eigenvalue weighted by Crippen LogP contribution is 2.29. The SMILES string of the molecule is COc1ccccc1N1CCN(C2CCC(C)NC2)CC1. The van der Waals surface area contributed by atoms with Crippen LogP contribution in [0.25, 0.3) is 0 Å². The summed E-state index contributed by atoms with van der Waals surface area (Å²) in [5.41, 5.74) is 1.23. The first-order valence-electron chi connectivity index (χ1n) is 8.13. The summed E-state index contributed by atoms with van der Waals surface area (Å²) in [7, 11) is 1.75. The molecule has 0 aliphatic carbocycles. The van der Waals surface area contributed by atoms with Crippen molar-refractivity contribution in [3.8, 4) is 5.75 Å². The first-order valence-corrected chi connectivity index (χ1v) is 8.13. The minimum atomic E-state index is 0.691. The molecule has 2 aliphatic heterocycles. The van der Waals surface area contributed by atoms with Crippen molar-refractivity contribution in [1.29, 1.82) is 0 Å². The Kier molecular flexibility index (Phi) is 4.66. The molecule has 0 saturated carbocycles. The molecule has 4 heteroatoms. The summed E-state index contributed by atoms with van der Waals surface area (Å²) in [4.78, 5) is 5.11. The van der Waals surface area contributed by atoms with E-state index in [0.717, 1.165) is 44.5 Å². The van der Waals surface area contributed by atoms with Gasteiger partial charge in [-0.25, -0.2) is 0 Å². The normalized spacial score (nSPS) is 27.6. The van der Waals surface area contributed by atoms with Gasteiger partial charge in [0, 0.05) is 44.8 Å². The second-order valence-corrected chi connectivity index (χ2v) is 6.24. The van der Waals surface area contributed by atoms with Crippen LogP contribution >= 0.6 is 0 Å². The second kappa shape index (κ2) is 6.67. The van der Waals surface area contributed by atoms with Crippen LogP contribution in [0.1, 0.15) is 19.8 Å². The molecule has 2 saturated heterocycles. The number of nitrogens with one attached hydrogen (secondary N) is 1. The van der Waals surface area contributed by atoms with Gasteiger partial charge < -0.3 is 15.0 Å². The molecule has 0 spiro atoms. The average Bonchev–Trinajstić information content (AvgIpc) is 2.56. The van der Waals surface area contributed by atoms with E-state index in [0.29, 0.717) is 6.04 Å². The van der Waals surface area contributed by atoms with Gasteiger partial charge >= 0.3 is 0 Å². The van der Waals surface area contributed by atoms with Crippen molar-refractivity contribution >= 4 is 5.69 Å². The van der Waals surface area contributed by atoms with Crippen LogP contribution in [0.15, 0.2) is 24.3 Å². The topological polar surface area (TPSA) is 27.7 Å². The predicted molar refractivity (Wildman–Crippen MR) is 87.3 cm³/mol. The quantitative estimate of drug-likeness (QED) is 0.920. The first-order chi connectivity index (χ1) is 10.3. The molecule has 1 N–H and O–H groups in total. The number of piperidine rings is 1. The smallest absolute Gasteiger partial charge is 0.142 e. The molecule has 4 nitrogen and oxygen atoms in total. The Hall–Kier alpha value is -1.26. The Bertz CT molecular complexity index is 449. The molecule has 2 unspecified atom stereocenters. The minimum Gasteiger partial charge on any atom is -0.495 e. The molecule has 0 aromatic heterocycles. The highest BCUT2D eigenvalue weighted by molar-refractivity contribution is 5.58. The van der Waals surface area contributed by atoms with Crippen LogP contribution in [-0.2, 0) is 0 Å². The highest BCUT2D eigenvalue weighted by Gasteiger charge is 2.27. The second-order valence-electron chi connectivity index (χ2n) is 6.24. The predicted octanol–water partition coefficient (Wildman–Crippen LogP) is 1.96. The molecule has 0 amide bonds. The standard InChI is InChI=1S/C17H27N3O/c1-14-7-8-15(13-18-14)19-9-11-20(12-10-19)16-5-3-4-6-17(16)21-2/h3-6,14-15,18H,7-13H2,1-2H3. The molecular weight excluding hydrogens is 262 g/mol. The van der Waals surface area contributed by atoms with Gasteiger partial charge in [0.15, 0.2) is 0 Å². The summed E-state index contributed by atoms with van der Waals surface area (Å²) < 4.78 is 5.49. The van der Waals surface area contributed by atoms with Crippen LogP contribution < -0.4 is 15.0 Å². The molecule has 2 atom stereocenters. The number of benzene rings is 1. The van der Waals surface area contributed by atoms with Gasteiger partial charge in [0.25, 0.3) is 0 Å². The molecule has 116 valence electrons. The van der Waals surface area contributed by atoms with Crippen molar-refractivity contribution in [2.75, 3.05) is 44.7 Å². The van der Waals surface area contributed by atoms with E-state index >= 15 is 0 Å². The van der Waals surface area contributed by atoms with Crippen LogP contribution in [0.2, 0.25) is 0 Å². The van der Waals surface area contributed by atoms with Crippen LogP contribution in [0.4, 0.5) is 5.69 Å². The summed E-state index contributed by atoms with van der Waals surface area (Å²) in [5, 5.41) is 3.62. The largest absolute Gasteiger partial charge is 0.495 e. The van der Waals surface area contributed by atoms with Gasteiger partial charge in [0.1, 0.15) is 5.75 Å². The van der Waals surface area contributed by atoms with Crippen molar-refractivity contribution in [3.05, 3.63) is 24.3 Å². The number of nitrogens with zero attached hydrogens (tertiary/aromatic N) is 2. The lowest BCUT2D eigenvalue weighted by atomic mass is 10.00. The van der Waals surface area contributed by atoms with E-state index < -0.39 is 0 Å². The van der Waals surface area contributed by atoms with Gasteiger partial charge in [-0.2, -0.15) is 0 Å². The van der Waals surface area contributed by atoms with Crippen LogP contribution in [0, 0.1) is 0 Å². The van der Waals surface area contributed by atoms with Crippen LogP contribution in [0.3, 0.4) is 0 Å². The van der Waals surface area contributed by atoms with Gasteiger partial charge in [-0.05, 0) is 31.9 Å². The summed E-state index contributed by atoms with van der Waals surface area (Å²) in [6, 6.07) is 9.76. The van der Waals surface area contributed by atoms with E-state index in [1.807, 2.05) is 12.1 Å². The van der Waals surface area contributed by atoms with Crippen molar-refractivity contribution in [2.45, 2.75) is 31.8 Å². The number of para-hydroxylation sites is 2. The van der Waals surface area contributed by atoms with Crippen molar-refractivity contribution in [1.82, 2.24) is 10.2 Å². The lowest BCUT2D eigenvalue weighted by Crippen LogP contribution is -2.55. The fourth-order valence-corrected chi connectivity index (χ4v) is 3.51. The zero-order chi connectivity index (χ0) is 14.7. The van der Waals surface area contributed by atoms with E-state index in [-0.39, 0.29) is 0 Å². The fourth-order valence-electron chi connectivity index (χ4n) is 3.51. The molecular formula is C17H27N3O. The molecule has 1 aromatic carbocycles. The fraction of sp³-hybridized carbons (Fsp3) is 0.647. The number of methoxy groups -OCH3 is 1. The molecule has 2 aliphatic rings. The monoisotopic (exact) mass is 289 g/mol. The van der Waals surface area contributed by atoms with Gasteiger partial charge in [-0.3, -0.25) is 4.90 Å². The van der Waals surface area contributed by atoms with Crippen LogP contribution in [0.5, 0.6) is 5.75 Å². The molecule has 21 heavy (non-hydrogen) atoms. The molecule has 0 radical (unpaired) electrons. The molecule has 0 bridgehead atoms.